The Morgan fingerprint density at radius 2 is 2.05 bits per heavy atom. The number of amides is 1. The van der Waals surface area contributed by atoms with Crippen molar-refractivity contribution in [1.82, 2.24) is 15.2 Å². The van der Waals surface area contributed by atoms with E-state index in [1.54, 1.807) is 31.2 Å². The van der Waals surface area contributed by atoms with Crippen LogP contribution in [0.25, 0.3) is 11.3 Å². The van der Waals surface area contributed by atoms with Crippen molar-refractivity contribution in [2.45, 2.75) is 13.5 Å². The van der Waals surface area contributed by atoms with Crippen LogP contribution in [0.5, 0.6) is 0 Å². The van der Waals surface area contributed by atoms with Gasteiger partial charge < -0.3 is 0 Å². The first kappa shape index (κ1) is 14.2. The number of hydrogen-bond acceptors (Lipinski definition) is 4. The molecule has 1 heterocycles. The molecule has 6 nitrogen and oxygen atoms in total. The van der Waals surface area contributed by atoms with Gasteiger partial charge in [0.2, 0.25) is 0 Å². The maximum atomic E-state index is 12.0. The maximum Gasteiger partial charge on any atom is 0.279 e. The van der Waals surface area contributed by atoms with Gasteiger partial charge in [-0.05, 0) is 25.1 Å². The second-order valence-electron chi connectivity index (χ2n) is 4.04. The molecule has 0 spiro atoms. The molecule has 0 unspecified atom stereocenters. The Hall–Kier alpha value is -2.18. The molecule has 0 radical (unpaired) electrons. The van der Waals surface area contributed by atoms with Crippen molar-refractivity contribution >= 4 is 17.5 Å². The van der Waals surface area contributed by atoms with Crippen LogP contribution in [0, 0.1) is 0 Å². The molecule has 1 aromatic carbocycles. The molecular formula is C13H13ClN4O2. The van der Waals surface area contributed by atoms with Gasteiger partial charge in [-0.1, -0.05) is 23.7 Å². The van der Waals surface area contributed by atoms with Gasteiger partial charge in [0, 0.05) is 17.1 Å². The van der Waals surface area contributed by atoms with Crippen LogP contribution in [0.1, 0.15) is 17.3 Å². The zero-order valence-electron chi connectivity index (χ0n) is 10.8. The van der Waals surface area contributed by atoms with Crippen LogP contribution in [0.2, 0.25) is 5.02 Å². The molecule has 3 N–H and O–H groups in total. The molecule has 0 aliphatic heterocycles. The lowest BCUT2D eigenvalue weighted by Crippen LogP contribution is -2.37. The first-order valence-electron chi connectivity index (χ1n) is 5.96. The quantitative estimate of drug-likeness (QED) is 0.505. The Kier molecular flexibility index (Phi) is 4.16. The van der Waals surface area contributed by atoms with Crippen LogP contribution in [0.4, 0.5) is 0 Å². The van der Waals surface area contributed by atoms with Gasteiger partial charge in [0.05, 0.1) is 5.69 Å². The van der Waals surface area contributed by atoms with E-state index in [9.17, 15) is 9.59 Å². The third kappa shape index (κ3) is 2.71. The van der Waals surface area contributed by atoms with E-state index in [-0.39, 0.29) is 5.56 Å². The van der Waals surface area contributed by atoms with E-state index in [4.69, 9.17) is 17.4 Å². The monoisotopic (exact) mass is 292 g/mol. The molecule has 0 saturated heterocycles. The topological polar surface area (TPSA) is 90.0 Å². The number of halogens is 1. The molecule has 0 atom stereocenters. The number of carbonyl (C=O) groups excluding carboxylic acids is 1. The predicted octanol–water partition coefficient (Wildman–Crippen LogP) is 1.19. The summed E-state index contributed by atoms with van der Waals surface area (Å²) in [4.78, 5) is 23.6. The summed E-state index contributed by atoms with van der Waals surface area (Å²) in [6.07, 6.45) is 0. The number of hydrazine groups is 1. The van der Waals surface area contributed by atoms with Crippen molar-refractivity contribution in [3.63, 3.8) is 0 Å². The van der Waals surface area contributed by atoms with Crippen LogP contribution < -0.4 is 16.8 Å². The van der Waals surface area contributed by atoms with E-state index in [1.165, 1.54) is 10.7 Å². The zero-order chi connectivity index (χ0) is 14.7. The van der Waals surface area contributed by atoms with Crippen LogP contribution >= 0.6 is 11.6 Å². The summed E-state index contributed by atoms with van der Waals surface area (Å²) in [5, 5.41) is 4.80. The smallest absolute Gasteiger partial charge is 0.279 e. The Morgan fingerprint density at radius 3 is 2.60 bits per heavy atom. The van der Waals surface area contributed by atoms with Crippen molar-refractivity contribution < 1.29 is 4.79 Å². The summed E-state index contributed by atoms with van der Waals surface area (Å²) in [5.74, 6) is 4.44. The predicted molar refractivity (Wildman–Crippen MR) is 76.3 cm³/mol. The lowest BCUT2D eigenvalue weighted by atomic mass is 10.1. The summed E-state index contributed by atoms with van der Waals surface area (Å²) < 4.78 is 1.22. The average Bonchev–Trinajstić information content (AvgIpc) is 2.47. The van der Waals surface area contributed by atoms with Crippen LogP contribution in [0.3, 0.4) is 0 Å². The summed E-state index contributed by atoms with van der Waals surface area (Å²) in [7, 11) is 0. The van der Waals surface area contributed by atoms with Crippen LogP contribution in [-0.4, -0.2) is 15.7 Å². The molecule has 0 aliphatic carbocycles. The maximum absolute atomic E-state index is 12.0. The number of nitrogens with one attached hydrogen (secondary N) is 1. The fourth-order valence-electron chi connectivity index (χ4n) is 1.76. The molecule has 0 fully saturated rings. The summed E-state index contributed by atoms with van der Waals surface area (Å²) in [6, 6.07) is 8.36. The number of aryl methyl sites for hydroxylation is 1. The van der Waals surface area contributed by atoms with E-state index in [0.717, 1.165) is 5.56 Å². The number of hydrogen-bond donors (Lipinski definition) is 2. The molecule has 1 amide bonds. The third-order valence-electron chi connectivity index (χ3n) is 2.79. The van der Waals surface area contributed by atoms with E-state index in [1.807, 2.05) is 5.43 Å². The van der Waals surface area contributed by atoms with Crippen molar-refractivity contribution in [1.29, 1.82) is 0 Å². The standard InChI is InChI=1S/C13H13ClN4O2/c1-2-18-13(20)10(12(19)16-15)7-11(17-18)8-3-5-9(14)6-4-8/h3-7H,2,15H2,1H3,(H,16,19). The molecule has 1 aromatic heterocycles. The molecule has 0 saturated carbocycles. The van der Waals surface area contributed by atoms with Gasteiger partial charge in [0.15, 0.2) is 0 Å². The van der Waals surface area contributed by atoms with E-state index >= 15 is 0 Å². The van der Waals surface area contributed by atoms with Gasteiger partial charge in [0.25, 0.3) is 11.5 Å². The molecule has 104 valence electrons. The minimum Gasteiger partial charge on any atom is -0.290 e. The SMILES string of the molecule is CCn1nc(-c2ccc(Cl)cc2)cc(C(=O)NN)c1=O. The molecular weight excluding hydrogens is 280 g/mol. The second kappa shape index (κ2) is 5.85. The third-order valence-corrected chi connectivity index (χ3v) is 3.04. The summed E-state index contributed by atoms with van der Waals surface area (Å²) in [6.45, 7) is 2.12. The highest BCUT2D eigenvalue weighted by Crippen LogP contribution is 2.19. The van der Waals surface area contributed by atoms with Gasteiger partial charge in [-0.25, -0.2) is 10.5 Å². The molecule has 0 bridgehead atoms. The van der Waals surface area contributed by atoms with Crippen molar-refractivity contribution in [3.05, 3.63) is 51.3 Å². The minimum absolute atomic E-state index is 0.0469. The van der Waals surface area contributed by atoms with E-state index in [0.29, 0.717) is 17.3 Å². The summed E-state index contributed by atoms with van der Waals surface area (Å²) in [5.41, 5.74) is 2.69. The molecule has 2 aromatic rings. The lowest BCUT2D eigenvalue weighted by molar-refractivity contribution is 0.0951. The van der Waals surface area contributed by atoms with E-state index in [2.05, 4.69) is 5.10 Å². The van der Waals surface area contributed by atoms with Gasteiger partial charge in [-0.2, -0.15) is 5.10 Å². The van der Waals surface area contributed by atoms with Crippen LogP contribution in [0.15, 0.2) is 35.1 Å². The Balaban J connectivity index is 2.62. The fourth-order valence-corrected chi connectivity index (χ4v) is 1.88. The molecule has 7 heteroatoms. The fraction of sp³-hybridized carbons (Fsp3) is 0.154. The molecule has 0 aliphatic rings. The first-order chi connectivity index (χ1) is 9.56. The number of benzene rings is 1. The number of nitrogen functional groups attached to an aromatic ring is 1. The van der Waals surface area contributed by atoms with Crippen molar-refractivity contribution in [3.8, 4) is 11.3 Å². The Bertz CT molecular complexity index is 695. The van der Waals surface area contributed by atoms with Gasteiger partial charge in [-0.15, -0.1) is 0 Å². The Labute approximate surface area is 120 Å². The zero-order valence-corrected chi connectivity index (χ0v) is 11.5. The minimum atomic E-state index is -0.644. The number of aromatic nitrogens is 2. The summed E-state index contributed by atoms with van der Waals surface area (Å²) >= 11 is 5.83. The van der Waals surface area contributed by atoms with Crippen molar-refractivity contribution in [2.75, 3.05) is 0 Å². The molecule has 20 heavy (non-hydrogen) atoms. The highest BCUT2D eigenvalue weighted by atomic mass is 35.5. The number of nitrogens with two attached hydrogens (primary N) is 1. The average molecular weight is 293 g/mol. The normalized spacial score (nSPS) is 10.3. The second-order valence-corrected chi connectivity index (χ2v) is 4.48. The van der Waals surface area contributed by atoms with Crippen molar-refractivity contribution in [2.24, 2.45) is 5.84 Å². The Morgan fingerprint density at radius 1 is 1.40 bits per heavy atom. The number of nitrogens with zero attached hydrogens (tertiary/aromatic N) is 2. The van der Waals surface area contributed by atoms with Gasteiger partial charge in [-0.3, -0.25) is 15.0 Å². The highest BCUT2D eigenvalue weighted by Gasteiger charge is 2.14. The van der Waals surface area contributed by atoms with Gasteiger partial charge in [0.1, 0.15) is 5.56 Å². The largest absolute Gasteiger partial charge is 0.290 e. The van der Waals surface area contributed by atoms with Crippen LogP contribution in [-0.2, 0) is 6.54 Å². The highest BCUT2D eigenvalue weighted by molar-refractivity contribution is 6.30. The molecule has 2 rings (SSSR count). The first-order valence-corrected chi connectivity index (χ1v) is 6.33. The lowest BCUT2D eigenvalue weighted by Gasteiger charge is -2.08. The number of rotatable bonds is 3. The number of carbonyl (C=O) groups is 1. The van der Waals surface area contributed by atoms with E-state index < -0.39 is 11.5 Å². The van der Waals surface area contributed by atoms with Gasteiger partial charge >= 0.3 is 0 Å².